The SMILES string of the molecule is CC(C)(Oc1ccc(Cl)cc1)C(=O)Nc1cccc2ncccc12. The summed E-state index contributed by atoms with van der Waals surface area (Å²) in [6.45, 7) is 3.45. The highest BCUT2D eigenvalue weighted by Crippen LogP contribution is 2.25. The number of hydrogen-bond donors (Lipinski definition) is 1. The van der Waals surface area contributed by atoms with Crippen molar-refractivity contribution in [2.45, 2.75) is 19.4 Å². The Balaban J connectivity index is 1.81. The number of anilines is 1. The summed E-state index contributed by atoms with van der Waals surface area (Å²) >= 11 is 5.87. The molecule has 0 saturated heterocycles. The molecule has 0 aliphatic carbocycles. The molecule has 0 saturated carbocycles. The Morgan fingerprint density at radius 2 is 1.83 bits per heavy atom. The minimum atomic E-state index is -1.04. The van der Waals surface area contributed by atoms with Gasteiger partial charge in [0, 0.05) is 16.6 Å². The normalized spacial score (nSPS) is 11.3. The summed E-state index contributed by atoms with van der Waals surface area (Å²) in [5.74, 6) is 0.341. The van der Waals surface area contributed by atoms with Gasteiger partial charge in [-0.15, -0.1) is 0 Å². The highest BCUT2D eigenvalue weighted by molar-refractivity contribution is 6.30. The number of ether oxygens (including phenoxy) is 1. The van der Waals surface area contributed by atoms with E-state index in [0.29, 0.717) is 16.5 Å². The first-order valence-corrected chi connectivity index (χ1v) is 7.93. The number of fused-ring (bicyclic) bond motifs is 1. The van der Waals surface area contributed by atoms with Crippen LogP contribution < -0.4 is 10.1 Å². The lowest BCUT2D eigenvalue weighted by Gasteiger charge is -2.25. The summed E-state index contributed by atoms with van der Waals surface area (Å²) in [4.78, 5) is 17.0. The summed E-state index contributed by atoms with van der Waals surface area (Å²) in [6.07, 6.45) is 1.72. The summed E-state index contributed by atoms with van der Waals surface area (Å²) in [6, 6.07) is 16.3. The Hall–Kier alpha value is -2.59. The lowest BCUT2D eigenvalue weighted by Crippen LogP contribution is -2.42. The van der Waals surface area contributed by atoms with Gasteiger partial charge in [0.15, 0.2) is 5.60 Å². The lowest BCUT2D eigenvalue weighted by atomic mass is 10.1. The maximum absolute atomic E-state index is 12.7. The summed E-state index contributed by atoms with van der Waals surface area (Å²) in [5, 5.41) is 4.43. The molecule has 1 N–H and O–H groups in total. The topological polar surface area (TPSA) is 51.2 Å². The molecule has 0 aliphatic rings. The van der Waals surface area contributed by atoms with E-state index in [4.69, 9.17) is 16.3 Å². The molecular formula is C19H17ClN2O2. The molecule has 3 aromatic rings. The number of aromatic nitrogens is 1. The number of rotatable bonds is 4. The van der Waals surface area contributed by atoms with Crippen molar-refractivity contribution < 1.29 is 9.53 Å². The Bertz CT molecular complexity index is 871. The second-order valence-corrected chi connectivity index (χ2v) is 6.33. The monoisotopic (exact) mass is 340 g/mol. The molecule has 0 aliphatic heterocycles. The van der Waals surface area contributed by atoms with Crippen LogP contribution in [0.4, 0.5) is 5.69 Å². The molecule has 0 spiro atoms. The van der Waals surface area contributed by atoms with Gasteiger partial charge in [-0.2, -0.15) is 0 Å². The van der Waals surface area contributed by atoms with Crippen LogP contribution in [0.5, 0.6) is 5.75 Å². The molecule has 0 fully saturated rings. The van der Waals surface area contributed by atoms with Gasteiger partial charge in [-0.25, -0.2) is 0 Å². The van der Waals surface area contributed by atoms with Gasteiger partial charge < -0.3 is 10.1 Å². The van der Waals surface area contributed by atoms with Gasteiger partial charge in [-0.1, -0.05) is 17.7 Å². The number of nitrogens with zero attached hydrogens (tertiary/aromatic N) is 1. The van der Waals surface area contributed by atoms with Gasteiger partial charge in [0.1, 0.15) is 5.75 Å². The predicted octanol–water partition coefficient (Wildman–Crippen LogP) is 4.68. The van der Waals surface area contributed by atoms with Gasteiger partial charge in [-0.05, 0) is 62.4 Å². The predicted molar refractivity (Wildman–Crippen MR) is 96.5 cm³/mol. The minimum Gasteiger partial charge on any atom is -0.478 e. The Kier molecular flexibility index (Phi) is 4.40. The van der Waals surface area contributed by atoms with Gasteiger partial charge in [0.2, 0.25) is 0 Å². The second kappa shape index (κ2) is 6.49. The van der Waals surface area contributed by atoms with Gasteiger partial charge >= 0.3 is 0 Å². The van der Waals surface area contributed by atoms with Crippen LogP contribution in [0.25, 0.3) is 10.9 Å². The highest BCUT2D eigenvalue weighted by atomic mass is 35.5. The first-order valence-electron chi connectivity index (χ1n) is 7.55. The van der Waals surface area contributed by atoms with Crippen molar-refractivity contribution in [2.24, 2.45) is 0 Å². The third kappa shape index (κ3) is 3.49. The minimum absolute atomic E-state index is 0.242. The molecule has 122 valence electrons. The quantitative estimate of drug-likeness (QED) is 0.750. The number of hydrogen-bond acceptors (Lipinski definition) is 3. The van der Waals surface area contributed by atoms with E-state index in [9.17, 15) is 4.79 Å². The van der Waals surface area contributed by atoms with Crippen molar-refractivity contribution in [1.29, 1.82) is 0 Å². The van der Waals surface area contributed by atoms with Gasteiger partial charge in [0.25, 0.3) is 5.91 Å². The number of nitrogens with one attached hydrogen (secondary N) is 1. The summed E-state index contributed by atoms with van der Waals surface area (Å²) < 4.78 is 5.82. The number of pyridine rings is 1. The third-order valence-electron chi connectivity index (χ3n) is 3.63. The van der Waals surface area contributed by atoms with Gasteiger partial charge in [0.05, 0.1) is 11.2 Å². The van der Waals surface area contributed by atoms with E-state index in [-0.39, 0.29) is 5.91 Å². The van der Waals surface area contributed by atoms with Crippen LogP contribution in [0.1, 0.15) is 13.8 Å². The number of carbonyl (C=O) groups is 1. The number of halogens is 1. The zero-order valence-corrected chi connectivity index (χ0v) is 14.2. The first-order chi connectivity index (χ1) is 11.5. The fourth-order valence-electron chi connectivity index (χ4n) is 2.33. The Morgan fingerprint density at radius 1 is 1.08 bits per heavy atom. The molecule has 0 atom stereocenters. The van der Waals surface area contributed by atoms with Crippen LogP contribution in [0, 0.1) is 0 Å². The van der Waals surface area contributed by atoms with Crippen LogP contribution in [-0.2, 0) is 4.79 Å². The van der Waals surface area contributed by atoms with Gasteiger partial charge in [-0.3, -0.25) is 9.78 Å². The Morgan fingerprint density at radius 3 is 2.58 bits per heavy atom. The fourth-order valence-corrected chi connectivity index (χ4v) is 2.45. The van der Waals surface area contributed by atoms with E-state index >= 15 is 0 Å². The van der Waals surface area contributed by atoms with Crippen molar-refractivity contribution >= 4 is 34.1 Å². The van der Waals surface area contributed by atoms with Crippen LogP contribution in [-0.4, -0.2) is 16.5 Å². The van der Waals surface area contributed by atoms with E-state index in [1.807, 2.05) is 30.3 Å². The molecule has 3 rings (SSSR count). The van der Waals surface area contributed by atoms with E-state index in [1.165, 1.54) is 0 Å². The van der Waals surface area contributed by atoms with Crippen LogP contribution in [0.3, 0.4) is 0 Å². The maximum Gasteiger partial charge on any atom is 0.267 e. The Labute approximate surface area is 145 Å². The number of benzene rings is 2. The molecule has 2 aromatic carbocycles. The average Bonchev–Trinajstić information content (AvgIpc) is 2.57. The zero-order valence-electron chi connectivity index (χ0n) is 13.4. The molecule has 1 amide bonds. The van der Waals surface area contributed by atoms with Crippen LogP contribution in [0.15, 0.2) is 60.8 Å². The smallest absolute Gasteiger partial charge is 0.267 e. The molecule has 0 unspecified atom stereocenters. The highest BCUT2D eigenvalue weighted by Gasteiger charge is 2.30. The third-order valence-corrected chi connectivity index (χ3v) is 3.88. The van der Waals surface area contributed by atoms with E-state index in [1.54, 1.807) is 44.3 Å². The summed E-state index contributed by atoms with van der Waals surface area (Å²) in [5.41, 5.74) is 0.489. The average molecular weight is 341 g/mol. The molecule has 1 heterocycles. The molecule has 1 aromatic heterocycles. The van der Waals surface area contributed by atoms with E-state index in [0.717, 1.165) is 10.9 Å². The maximum atomic E-state index is 12.7. The molecule has 5 heteroatoms. The number of amides is 1. The molecule has 24 heavy (non-hydrogen) atoms. The van der Waals surface area contributed by atoms with E-state index in [2.05, 4.69) is 10.3 Å². The fraction of sp³-hybridized carbons (Fsp3) is 0.158. The second-order valence-electron chi connectivity index (χ2n) is 5.90. The largest absolute Gasteiger partial charge is 0.478 e. The van der Waals surface area contributed by atoms with Crippen molar-refractivity contribution in [2.75, 3.05) is 5.32 Å². The van der Waals surface area contributed by atoms with Crippen molar-refractivity contribution in [3.05, 3.63) is 65.8 Å². The molecule has 0 radical (unpaired) electrons. The standard InChI is InChI=1S/C19H17ClN2O2/c1-19(2,24-14-10-8-13(20)9-11-14)18(23)22-17-7-3-6-16-15(17)5-4-12-21-16/h3-12H,1-2H3,(H,22,23). The zero-order chi connectivity index (χ0) is 17.2. The van der Waals surface area contributed by atoms with E-state index < -0.39 is 5.60 Å². The molecular weight excluding hydrogens is 324 g/mol. The summed E-state index contributed by atoms with van der Waals surface area (Å²) in [7, 11) is 0. The van der Waals surface area contributed by atoms with Crippen LogP contribution in [0.2, 0.25) is 5.02 Å². The van der Waals surface area contributed by atoms with Crippen molar-refractivity contribution in [3.8, 4) is 5.75 Å². The lowest BCUT2D eigenvalue weighted by molar-refractivity contribution is -0.128. The number of carbonyl (C=O) groups excluding carboxylic acids is 1. The van der Waals surface area contributed by atoms with Crippen molar-refractivity contribution in [3.63, 3.8) is 0 Å². The first kappa shape index (κ1) is 16.3. The molecule has 0 bridgehead atoms. The van der Waals surface area contributed by atoms with Crippen molar-refractivity contribution in [1.82, 2.24) is 4.98 Å². The van der Waals surface area contributed by atoms with Crippen LogP contribution >= 0.6 is 11.6 Å². The molecule has 4 nitrogen and oxygen atoms in total.